The molecule has 0 saturated heterocycles. The van der Waals surface area contributed by atoms with Gasteiger partial charge in [0.25, 0.3) is 5.91 Å². The summed E-state index contributed by atoms with van der Waals surface area (Å²) >= 11 is 4.32. The number of amides is 3. The first-order chi connectivity index (χ1) is 19.0. The number of thiol groups is 1. The van der Waals surface area contributed by atoms with E-state index in [4.69, 9.17) is 9.47 Å². The van der Waals surface area contributed by atoms with Crippen molar-refractivity contribution in [2.75, 3.05) is 24.7 Å². The second-order valence-corrected chi connectivity index (χ2v) is 10.9. The Morgan fingerprint density at radius 3 is 2.23 bits per heavy atom. The molecule has 220 valence electrons. The number of hydrogen-bond donors (Lipinski definition) is 4. The fourth-order valence-electron chi connectivity index (χ4n) is 4.14. The predicted octanol–water partition coefficient (Wildman–Crippen LogP) is 5.70. The van der Waals surface area contributed by atoms with Gasteiger partial charge in [-0.2, -0.15) is 12.6 Å². The van der Waals surface area contributed by atoms with Crippen molar-refractivity contribution >= 4 is 36.2 Å². The zero-order chi connectivity index (χ0) is 29.7. The number of para-hydroxylation sites is 1. The van der Waals surface area contributed by atoms with Crippen LogP contribution < -0.4 is 15.4 Å². The number of carbonyl (C=O) groups excluding carboxylic acids is 3. The number of anilines is 1. The minimum Gasteiger partial charge on any atom is -0.508 e. The molecule has 0 heterocycles. The molecule has 10 heteroatoms. The first kappa shape index (κ1) is 32.8. The number of alkyl carbamates (subject to hydrolysis) is 1. The van der Waals surface area contributed by atoms with Crippen molar-refractivity contribution in [1.82, 2.24) is 10.2 Å². The third-order valence-corrected chi connectivity index (χ3v) is 6.47. The Hall–Kier alpha value is -3.40. The third kappa shape index (κ3) is 10.3. The Bertz CT molecular complexity index is 1100. The first-order valence-corrected chi connectivity index (χ1v) is 14.3. The quantitative estimate of drug-likeness (QED) is 0.170. The molecule has 2 aromatic rings. The second kappa shape index (κ2) is 16.0. The van der Waals surface area contributed by atoms with Gasteiger partial charge in [-0.1, -0.05) is 50.8 Å². The minimum absolute atomic E-state index is 0.0159. The molecule has 0 bridgehead atoms. The number of benzene rings is 2. The van der Waals surface area contributed by atoms with Gasteiger partial charge < -0.3 is 30.1 Å². The summed E-state index contributed by atoms with van der Waals surface area (Å²) in [5, 5.41) is 16.2. The molecule has 0 spiro atoms. The topological polar surface area (TPSA) is 117 Å². The summed E-state index contributed by atoms with van der Waals surface area (Å²) in [5.41, 5.74) is 0.00827. The number of phenols is 1. The fraction of sp³-hybridized carbons (Fsp3) is 0.500. The number of carbonyl (C=O) groups is 3. The molecule has 0 fully saturated rings. The van der Waals surface area contributed by atoms with Crippen molar-refractivity contribution in [3.8, 4) is 11.5 Å². The largest absolute Gasteiger partial charge is 0.508 e. The van der Waals surface area contributed by atoms with Gasteiger partial charge in [0.2, 0.25) is 5.91 Å². The van der Waals surface area contributed by atoms with Gasteiger partial charge in [0.15, 0.2) is 0 Å². The van der Waals surface area contributed by atoms with Gasteiger partial charge >= 0.3 is 6.09 Å². The number of aromatic hydroxyl groups is 1. The number of hydrogen-bond acceptors (Lipinski definition) is 7. The van der Waals surface area contributed by atoms with Crippen LogP contribution in [-0.4, -0.2) is 59.0 Å². The van der Waals surface area contributed by atoms with Crippen molar-refractivity contribution in [1.29, 1.82) is 0 Å². The van der Waals surface area contributed by atoms with E-state index in [0.29, 0.717) is 17.9 Å². The van der Waals surface area contributed by atoms with E-state index in [2.05, 4.69) is 30.2 Å². The van der Waals surface area contributed by atoms with Crippen molar-refractivity contribution in [2.45, 2.75) is 77.5 Å². The van der Waals surface area contributed by atoms with Gasteiger partial charge in [-0.15, -0.1) is 0 Å². The molecule has 40 heavy (non-hydrogen) atoms. The van der Waals surface area contributed by atoms with Gasteiger partial charge in [0.05, 0.1) is 7.11 Å². The van der Waals surface area contributed by atoms with Crippen molar-refractivity contribution in [3.63, 3.8) is 0 Å². The molecule has 2 unspecified atom stereocenters. The maximum atomic E-state index is 14.0. The summed E-state index contributed by atoms with van der Waals surface area (Å²) in [6, 6.07) is 11.0. The number of phenolic OH excluding ortho intramolecular Hbond substituents is 1. The lowest BCUT2D eigenvalue weighted by atomic mass is 10.0. The van der Waals surface area contributed by atoms with E-state index in [0.717, 1.165) is 25.7 Å². The molecule has 0 aliphatic carbocycles. The lowest BCUT2D eigenvalue weighted by Gasteiger charge is -2.34. The van der Waals surface area contributed by atoms with Crippen LogP contribution in [0.5, 0.6) is 11.5 Å². The Kier molecular flexibility index (Phi) is 13.1. The molecule has 0 saturated carbocycles. The van der Waals surface area contributed by atoms with Gasteiger partial charge in [-0.25, -0.2) is 4.79 Å². The first-order valence-electron chi connectivity index (χ1n) is 13.6. The highest BCUT2D eigenvalue weighted by molar-refractivity contribution is 7.80. The molecular weight excluding hydrogens is 530 g/mol. The molecule has 0 aliphatic heterocycles. The van der Waals surface area contributed by atoms with E-state index in [-0.39, 0.29) is 23.6 Å². The summed E-state index contributed by atoms with van der Waals surface area (Å²) in [4.78, 5) is 41.8. The van der Waals surface area contributed by atoms with E-state index < -0.39 is 35.6 Å². The number of methoxy groups -OCH3 is 1. The number of unbranched alkanes of at least 4 members (excludes halogenated alkanes) is 4. The lowest BCUT2D eigenvalue weighted by molar-refractivity contribution is -0.140. The summed E-state index contributed by atoms with van der Waals surface area (Å²) in [6.45, 7) is 7.53. The normalized spacial score (nSPS) is 12.7. The van der Waals surface area contributed by atoms with E-state index >= 15 is 0 Å². The van der Waals surface area contributed by atoms with Gasteiger partial charge in [0, 0.05) is 23.5 Å². The predicted molar refractivity (Wildman–Crippen MR) is 160 cm³/mol. The highest BCUT2D eigenvalue weighted by Crippen LogP contribution is 2.31. The molecule has 0 aromatic heterocycles. The summed E-state index contributed by atoms with van der Waals surface area (Å²) in [6.07, 6.45) is 3.85. The third-order valence-electron chi connectivity index (χ3n) is 6.11. The Morgan fingerprint density at radius 1 is 1.00 bits per heavy atom. The summed E-state index contributed by atoms with van der Waals surface area (Å²) < 4.78 is 10.5. The molecule has 3 amide bonds. The number of nitrogens with zero attached hydrogens (tertiary/aromatic N) is 1. The molecule has 2 atom stereocenters. The lowest BCUT2D eigenvalue weighted by Crippen LogP contribution is -2.53. The SMILES string of the molecule is CCCCCCCN(C(=O)C(CS)NC(=O)OC(C)(C)C)C(C(=O)Nc1ccc(OC)cc1)c1ccccc1O. The van der Waals surface area contributed by atoms with Crippen LogP contribution in [0, 0.1) is 0 Å². The maximum Gasteiger partial charge on any atom is 0.408 e. The van der Waals surface area contributed by atoms with Crippen LogP contribution >= 0.6 is 12.6 Å². The zero-order valence-electron chi connectivity index (χ0n) is 24.1. The number of ether oxygens (including phenoxy) is 2. The van der Waals surface area contributed by atoms with Crippen LogP contribution in [0.2, 0.25) is 0 Å². The van der Waals surface area contributed by atoms with Crippen LogP contribution in [0.15, 0.2) is 48.5 Å². The second-order valence-electron chi connectivity index (χ2n) is 10.5. The summed E-state index contributed by atoms with van der Waals surface area (Å²) in [7, 11) is 1.55. The Morgan fingerprint density at radius 2 is 1.65 bits per heavy atom. The monoisotopic (exact) mass is 573 g/mol. The summed E-state index contributed by atoms with van der Waals surface area (Å²) in [5.74, 6) is -0.524. The van der Waals surface area contributed by atoms with Gasteiger partial charge in [0.1, 0.15) is 29.2 Å². The zero-order valence-corrected chi connectivity index (χ0v) is 25.0. The molecule has 3 N–H and O–H groups in total. The number of nitrogens with one attached hydrogen (secondary N) is 2. The van der Waals surface area contributed by atoms with E-state index in [1.807, 2.05) is 0 Å². The smallest absolute Gasteiger partial charge is 0.408 e. The van der Waals surface area contributed by atoms with E-state index in [1.165, 1.54) is 11.0 Å². The highest BCUT2D eigenvalue weighted by Gasteiger charge is 2.37. The van der Waals surface area contributed by atoms with E-state index in [1.54, 1.807) is 70.3 Å². The molecular formula is C30H43N3O6S. The average molecular weight is 574 g/mol. The van der Waals surface area contributed by atoms with Gasteiger partial charge in [-0.05, 0) is 57.5 Å². The van der Waals surface area contributed by atoms with Gasteiger partial charge in [-0.3, -0.25) is 9.59 Å². The van der Waals surface area contributed by atoms with Crippen molar-refractivity contribution < 1.29 is 29.0 Å². The molecule has 2 aromatic carbocycles. The minimum atomic E-state index is -1.18. The highest BCUT2D eigenvalue weighted by atomic mass is 32.1. The van der Waals surface area contributed by atoms with Crippen LogP contribution in [-0.2, 0) is 14.3 Å². The maximum absolute atomic E-state index is 14.0. The van der Waals surface area contributed by atoms with E-state index in [9.17, 15) is 19.5 Å². The molecule has 0 aliphatic rings. The van der Waals surface area contributed by atoms with Crippen molar-refractivity contribution in [3.05, 3.63) is 54.1 Å². The van der Waals surface area contributed by atoms with Crippen molar-refractivity contribution in [2.24, 2.45) is 0 Å². The Labute approximate surface area is 243 Å². The molecule has 2 rings (SSSR count). The van der Waals surface area contributed by atoms with Crippen LogP contribution in [0.1, 0.15) is 71.4 Å². The average Bonchev–Trinajstić information content (AvgIpc) is 2.90. The standard InChI is InChI=1S/C30H43N3O6S/c1-6-7-8-9-12-19-33(28(36)24(20-40)32-29(37)39-30(2,3)4)26(23-13-10-11-14-25(23)34)27(35)31-21-15-17-22(38-5)18-16-21/h10-11,13-18,24,26,34,40H,6-9,12,19-20H2,1-5H3,(H,31,35)(H,32,37). The fourth-order valence-corrected chi connectivity index (χ4v) is 4.39. The molecule has 0 radical (unpaired) electrons. The van der Waals surface area contributed by atoms with Crippen LogP contribution in [0.25, 0.3) is 0 Å². The number of rotatable bonds is 14. The Balaban J connectivity index is 2.46. The molecule has 9 nitrogen and oxygen atoms in total. The van der Waals surface area contributed by atoms with Crippen LogP contribution in [0.4, 0.5) is 10.5 Å². The van der Waals surface area contributed by atoms with Crippen LogP contribution in [0.3, 0.4) is 0 Å².